The van der Waals surface area contributed by atoms with Gasteiger partial charge in [0.25, 0.3) is 0 Å². The summed E-state index contributed by atoms with van der Waals surface area (Å²) >= 11 is 0. The van der Waals surface area contributed by atoms with Gasteiger partial charge in [0, 0.05) is 24.7 Å². The van der Waals surface area contributed by atoms with E-state index in [1.165, 1.54) is 12.8 Å². The van der Waals surface area contributed by atoms with Gasteiger partial charge in [-0.2, -0.15) is 0 Å². The molecule has 1 heterocycles. The van der Waals surface area contributed by atoms with Crippen LogP contribution in [-0.4, -0.2) is 30.3 Å². The highest BCUT2D eigenvalue weighted by Gasteiger charge is 2.42. The quantitative estimate of drug-likeness (QED) is 0.712. The Bertz CT molecular complexity index is 213. The Hall–Kier alpha value is -0.120. The van der Waals surface area contributed by atoms with E-state index in [1.54, 1.807) is 0 Å². The average Bonchev–Trinajstić information content (AvgIpc) is 2.86. The summed E-state index contributed by atoms with van der Waals surface area (Å²) in [4.78, 5) is 0. The highest BCUT2D eigenvalue weighted by molar-refractivity contribution is 5.01. The van der Waals surface area contributed by atoms with E-state index in [0.717, 1.165) is 32.0 Å². The SMILES string of the molecule is CC1(C)CC(CN)(NC2CC2)CCO1. The van der Waals surface area contributed by atoms with Gasteiger partial charge in [-0.15, -0.1) is 0 Å². The van der Waals surface area contributed by atoms with Crippen molar-refractivity contribution in [2.45, 2.75) is 56.7 Å². The van der Waals surface area contributed by atoms with E-state index in [9.17, 15) is 0 Å². The van der Waals surface area contributed by atoms with Crippen LogP contribution in [0, 0.1) is 0 Å². The van der Waals surface area contributed by atoms with Gasteiger partial charge in [0.15, 0.2) is 0 Å². The molecule has 2 rings (SSSR count). The predicted molar refractivity (Wildman–Crippen MR) is 57.2 cm³/mol. The fraction of sp³-hybridized carbons (Fsp3) is 1.00. The van der Waals surface area contributed by atoms with Crippen molar-refractivity contribution in [2.75, 3.05) is 13.2 Å². The lowest BCUT2D eigenvalue weighted by atomic mass is 9.81. The molecule has 1 atom stereocenters. The average molecular weight is 198 g/mol. The lowest BCUT2D eigenvalue weighted by Gasteiger charge is -2.45. The van der Waals surface area contributed by atoms with Crippen molar-refractivity contribution in [2.24, 2.45) is 5.73 Å². The molecule has 0 bridgehead atoms. The van der Waals surface area contributed by atoms with E-state index < -0.39 is 0 Å². The Morgan fingerprint density at radius 2 is 2.14 bits per heavy atom. The molecule has 0 aromatic rings. The number of nitrogens with two attached hydrogens (primary N) is 1. The minimum Gasteiger partial charge on any atom is -0.375 e. The van der Waals surface area contributed by atoms with Gasteiger partial charge < -0.3 is 15.8 Å². The minimum absolute atomic E-state index is 0.0144. The van der Waals surface area contributed by atoms with Gasteiger partial charge >= 0.3 is 0 Å². The lowest BCUT2D eigenvalue weighted by Crippen LogP contribution is -2.59. The van der Waals surface area contributed by atoms with Crippen LogP contribution in [0.1, 0.15) is 39.5 Å². The molecule has 82 valence electrons. The van der Waals surface area contributed by atoms with Crippen molar-refractivity contribution in [3.63, 3.8) is 0 Å². The van der Waals surface area contributed by atoms with Crippen LogP contribution in [0.25, 0.3) is 0 Å². The molecule has 2 fully saturated rings. The smallest absolute Gasteiger partial charge is 0.0644 e. The van der Waals surface area contributed by atoms with Gasteiger partial charge in [-0.05, 0) is 39.5 Å². The summed E-state index contributed by atoms with van der Waals surface area (Å²) in [5.41, 5.74) is 6.04. The van der Waals surface area contributed by atoms with Crippen LogP contribution in [0.2, 0.25) is 0 Å². The molecule has 14 heavy (non-hydrogen) atoms. The largest absolute Gasteiger partial charge is 0.375 e. The second kappa shape index (κ2) is 3.47. The zero-order valence-corrected chi connectivity index (χ0v) is 9.31. The molecule has 0 aromatic carbocycles. The lowest BCUT2D eigenvalue weighted by molar-refractivity contribution is -0.0861. The summed E-state index contributed by atoms with van der Waals surface area (Å²) in [6.07, 6.45) is 4.74. The zero-order chi connectivity index (χ0) is 10.2. The molecule has 1 unspecified atom stereocenters. The third kappa shape index (κ3) is 2.27. The first-order valence-corrected chi connectivity index (χ1v) is 5.67. The van der Waals surface area contributed by atoms with Crippen LogP contribution in [0.3, 0.4) is 0 Å². The third-order valence-corrected chi connectivity index (χ3v) is 3.32. The summed E-state index contributed by atoms with van der Waals surface area (Å²) in [5.74, 6) is 0. The number of rotatable bonds is 3. The Kier molecular flexibility index (Phi) is 2.58. The number of hydrogen-bond acceptors (Lipinski definition) is 3. The predicted octanol–water partition coefficient (Wildman–Crippen LogP) is 1.02. The molecule has 1 aliphatic heterocycles. The number of nitrogens with one attached hydrogen (secondary N) is 1. The van der Waals surface area contributed by atoms with Crippen LogP contribution in [0.5, 0.6) is 0 Å². The fourth-order valence-electron chi connectivity index (χ4n) is 2.49. The van der Waals surface area contributed by atoms with Gasteiger partial charge in [0.1, 0.15) is 0 Å². The minimum atomic E-state index is -0.0144. The van der Waals surface area contributed by atoms with E-state index in [1.807, 2.05) is 0 Å². The fourth-order valence-corrected chi connectivity index (χ4v) is 2.49. The van der Waals surface area contributed by atoms with E-state index >= 15 is 0 Å². The van der Waals surface area contributed by atoms with Crippen molar-refractivity contribution < 1.29 is 4.74 Å². The number of ether oxygens (including phenoxy) is 1. The molecular formula is C11H22N2O. The normalized spacial score (nSPS) is 37.1. The van der Waals surface area contributed by atoms with E-state index in [2.05, 4.69) is 19.2 Å². The molecule has 3 N–H and O–H groups in total. The maximum atomic E-state index is 5.92. The number of hydrogen-bond donors (Lipinski definition) is 2. The summed E-state index contributed by atoms with van der Waals surface area (Å²) < 4.78 is 5.73. The van der Waals surface area contributed by atoms with Crippen LogP contribution in [0.15, 0.2) is 0 Å². The summed E-state index contributed by atoms with van der Waals surface area (Å²) in [7, 11) is 0. The molecule has 0 radical (unpaired) electrons. The van der Waals surface area contributed by atoms with E-state index in [-0.39, 0.29) is 11.1 Å². The molecule has 3 nitrogen and oxygen atoms in total. The van der Waals surface area contributed by atoms with Gasteiger partial charge in [-0.1, -0.05) is 0 Å². The molecular weight excluding hydrogens is 176 g/mol. The Morgan fingerprint density at radius 1 is 1.43 bits per heavy atom. The van der Waals surface area contributed by atoms with Crippen LogP contribution < -0.4 is 11.1 Å². The first-order valence-electron chi connectivity index (χ1n) is 5.67. The first-order chi connectivity index (χ1) is 6.55. The molecule has 0 amide bonds. The second-order valence-corrected chi connectivity index (χ2v) is 5.44. The molecule has 3 heteroatoms. The molecule has 0 spiro atoms. The second-order valence-electron chi connectivity index (χ2n) is 5.44. The Labute approximate surface area is 86.4 Å². The summed E-state index contributed by atoms with van der Waals surface area (Å²) in [5, 5.41) is 3.71. The van der Waals surface area contributed by atoms with Crippen LogP contribution in [0.4, 0.5) is 0 Å². The first kappa shape index (κ1) is 10.4. The maximum absolute atomic E-state index is 5.92. The Balaban J connectivity index is 2.01. The zero-order valence-electron chi connectivity index (χ0n) is 9.31. The molecule has 1 saturated heterocycles. The van der Waals surface area contributed by atoms with Crippen molar-refractivity contribution in [3.8, 4) is 0 Å². The van der Waals surface area contributed by atoms with Crippen molar-refractivity contribution in [1.82, 2.24) is 5.32 Å². The molecule has 0 aromatic heterocycles. The maximum Gasteiger partial charge on any atom is 0.0644 e. The van der Waals surface area contributed by atoms with Crippen molar-refractivity contribution >= 4 is 0 Å². The highest BCUT2D eigenvalue weighted by atomic mass is 16.5. The standard InChI is InChI=1S/C11H22N2O/c1-10(2)7-11(8-12,5-6-14-10)13-9-3-4-9/h9,13H,3-8,12H2,1-2H3. The van der Waals surface area contributed by atoms with Gasteiger partial charge in [-0.3, -0.25) is 0 Å². The topological polar surface area (TPSA) is 47.3 Å². The van der Waals surface area contributed by atoms with Crippen LogP contribution in [-0.2, 0) is 4.74 Å². The van der Waals surface area contributed by atoms with Crippen LogP contribution >= 0.6 is 0 Å². The molecule has 1 saturated carbocycles. The van der Waals surface area contributed by atoms with Gasteiger partial charge in [-0.25, -0.2) is 0 Å². The highest BCUT2D eigenvalue weighted by Crippen LogP contribution is 2.34. The van der Waals surface area contributed by atoms with E-state index in [4.69, 9.17) is 10.5 Å². The monoisotopic (exact) mass is 198 g/mol. The van der Waals surface area contributed by atoms with Gasteiger partial charge in [0.05, 0.1) is 5.60 Å². The third-order valence-electron chi connectivity index (χ3n) is 3.32. The van der Waals surface area contributed by atoms with Crippen molar-refractivity contribution in [3.05, 3.63) is 0 Å². The van der Waals surface area contributed by atoms with E-state index in [0.29, 0.717) is 0 Å². The summed E-state index contributed by atoms with van der Waals surface area (Å²) in [6, 6.07) is 0.729. The van der Waals surface area contributed by atoms with Gasteiger partial charge in [0.2, 0.25) is 0 Å². The Morgan fingerprint density at radius 3 is 2.64 bits per heavy atom. The molecule has 1 aliphatic carbocycles. The summed E-state index contributed by atoms with van der Waals surface area (Å²) in [6.45, 7) is 5.89. The molecule has 2 aliphatic rings. The van der Waals surface area contributed by atoms with Crippen molar-refractivity contribution in [1.29, 1.82) is 0 Å².